The van der Waals surface area contributed by atoms with Crippen LogP contribution >= 0.6 is 0 Å². The summed E-state index contributed by atoms with van der Waals surface area (Å²) in [5.74, 6) is 0.474. The number of likely N-dealkylation sites (tertiary alicyclic amines) is 1. The van der Waals surface area contributed by atoms with Crippen LogP contribution in [0.3, 0.4) is 0 Å². The first kappa shape index (κ1) is 15.7. The van der Waals surface area contributed by atoms with Crippen LogP contribution in [0.2, 0.25) is 0 Å². The van der Waals surface area contributed by atoms with Gasteiger partial charge < -0.3 is 5.32 Å². The highest BCUT2D eigenvalue weighted by molar-refractivity contribution is 5.78. The summed E-state index contributed by atoms with van der Waals surface area (Å²) in [6, 6.07) is 6.85. The molecule has 1 aliphatic rings. The molecule has 2 rings (SSSR count). The zero-order chi connectivity index (χ0) is 15.1. The normalized spacial score (nSPS) is 16.6. The third kappa shape index (κ3) is 5.31. The maximum absolute atomic E-state index is 13.2. The molecule has 0 saturated carbocycles. The van der Waals surface area contributed by atoms with Gasteiger partial charge in [0, 0.05) is 6.54 Å². The minimum atomic E-state index is -0.163. The minimum absolute atomic E-state index is 0.0541. The molecule has 0 unspecified atom stereocenters. The van der Waals surface area contributed by atoms with Gasteiger partial charge in [-0.25, -0.2) is 4.39 Å². The summed E-state index contributed by atoms with van der Waals surface area (Å²) in [6.07, 6.45) is 4.73. The summed E-state index contributed by atoms with van der Waals surface area (Å²) in [7, 11) is 0. The molecule has 1 aromatic carbocycles. The average Bonchev–Trinajstić information content (AvgIpc) is 2.47. The van der Waals surface area contributed by atoms with E-state index in [1.165, 1.54) is 6.07 Å². The molecule has 114 valence electrons. The van der Waals surface area contributed by atoms with Gasteiger partial charge in [-0.15, -0.1) is 6.58 Å². The smallest absolute Gasteiger partial charge is 0.234 e. The predicted molar refractivity (Wildman–Crippen MR) is 82.5 cm³/mol. The Kier molecular flexibility index (Phi) is 5.93. The fraction of sp³-hybridized carbons (Fsp3) is 0.471. The average molecular weight is 290 g/mol. The second-order valence-electron chi connectivity index (χ2n) is 5.65. The number of rotatable bonds is 6. The Labute approximate surface area is 125 Å². The SMILES string of the molecule is C=CCNC(=O)CN1CCC(Cc2cccc(F)c2)CC1. The van der Waals surface area contributed by atoms with Gasteiger partial charge in [-0.3, -0.25) is 9.69 Å². The Morgan fingerprint density at radius 3 is 2.86 bits per heavy atom. The van der Waals surface area contributed by atoms with Crippen molar-refractivity contribution >= 4 is 5.91 Å². The maximum Gasteiger partial charge on any atom is 0.234 e. The lowest BCUT2D eigenvalue weighted by atomic mass is 9.90. The van der Waals surface area contributed by atoms with E-state index in [1.54, 1.807) is 18.2 Å². The Morgan fingerprint density at radius 2 is 2.19 bits per heavy atom. The molecule has 1 fully saturated rings. The van der Waals surface area contributed by atoms with E-state index in [2.05, 4.69) is 16.8 Å². The van der Waals surface area contributed by atoms with E-state index in [0.717, 1.165) is 37.9 Å². The zero-order valence-electron chi connectivity index (χ0n) is 12.4. The van der Waals surface area contributed by atoms with E-state index in [0.29, 0.717) is 19.0 Å². The van der Waals surface area contributed by atoms with Crippen LogP contribution in [0.1, 0.15) is 18.4 Å². The van der Waals surface area contributed by atoms with Crippen molar-refractivity contribution in [2.45, 2.75) is 19.3 Å². The van der Waals surface area contributed by atoms with Crippen molar-refractivity contribution in [2.75, 3.05) is 26.2 Å². The lowest BCUT2D eigenvalue weighted by Crippen LogP contribution is -2.41. The molecule has 3 nitrogen and oxygen atoms in total. The minimum Gasteiger partial charge on any atom is -0.352 e. The molecule has 1 aromatic rings. The molecule has 0 spiro atoms. The van der Waals surface area contributed by atoms with Crippen LogP contribution in [0.5, 0.6) is 0 Å². The molecule has 1 aliphatic heterocycles. The topological polar surface area (TPSA) is 32.3 Å². The van der Waals surface area contributed by atoms with E-state index in [-0.39, 0.29) is 11.7 Å². The van der Waals surface area contributed by atoms with Gasteiger partial charge in [0.05, 0.1) is 6.54 Å². The number of nitrogens with zero attached hydrogens (tertiary/aromatic N) is 1. The molecule has 0 radical (unpaired) electrons. The molecule has 1 amide bonds. The second-order valence-corrected chi connectivity index (χ2v) is 5.65. The quantitative estimate of drug-likeness (QED) is 0.816. The Bertz CT molecular complexity index is 481. The number of hydrogen-bond acceptors (Lipinski definition) is 2. The number of carbonyl (C=O) groups excluding carboxylic acids is 1. The molecule has 1 heterocycles. The summed E-state index contributed by atoms with van der Waals surface area (Å²) in [5, 5.41) is 2.80. The fourth-order valence-electron chi connectivity index (χ4n) is 2.79. The van der Waals surface area contributed by atoms with E-state index in [9.17, 15) is 9.18 Å². The molecule has 1 N–H and O–H groups in total. The van der Waals surface area contributed by atoms with Gasteiger partial charge in [-0.2, -0.15) is 0 Å². The Hall–Kier alpha value is -1.68. The lowest BCUT2D eigenvalue weighted by Gasteiger charge is -2.31. The molecule has 0 atom stereocenters. The first-order valence-corrected chi connectivity index (χ1v) is 7.52. The summed E-state index contributed by atoms with van der Waals surface area (Å²) in [6.45, 7) is 6.43. The zero-order valence-corrected chi connectivity index (χ0v) is 12.4. The van der Waals surface area contributed by atoms with Crippen LogP contribution in [0.25, 0.3) is 0 Å². The van der Waals surface area contributed by atoms with Gasteiger partial charge in [0.15, 0.2) is 0 Å². The van der Waals surface area contributed by atoms with Gasteiger partial charge in [0.25, 0.3) is 0 Å². The number of benzene rings is 1. The number of nitrogens with one attached hydrogen (secondary N) is 1. The van der Waals surface area contributed by atoms with Crippen molar-refractivity contribution < 1.29 is 9.18 Å². The second kappa shape index (κ2) is 7.93. The van der Waals surface area contributed by atoms with Crippen molar-refractivity contribution in [3.8, 4) is 0 Å². The third-order valence-corrected chi connectivity index (χ3v) is 3.93. The summed E-state index contributed by atoms with van der Waals surface area (Å²) < 4.78 is 13.2. The van der Waals surface area contributed by atoms with Crippen LogP contribution in [0.4, 0.5) is 4.39 Å². The highest BCUT2D eigenvalue weighted by Crippen LogP contribution is 2.21. The Balaban J connectivity index is 1.73. The molecule has 0 bridgehead atoms. The fourth-order valence-corrected chi connectivity index (χ4v) is 2.79. The summed E-state index contributed by atoms with van der Waals surface area (Å²) in [5.41, 5.74) is 1.07. The molecule has 0 aromatic heterocycles. The number of amides is 1. The van der Waals surface area contributed by atoms with Gasteiger partial charge >= 0.3 is 0 Å². The molecular formula is C17H23FN2O. The molecule has 0 aliphatic carbocycles. The van der Waals surface area contributed by atoms with E-state index in [4.69, 9.17) is 0 Å². The Morgan fingerprint density at radius 1 is 1.43 bits per heavy atom. The highest BCUT2D eigenvalue weighted by Gasteiger charge is 2.20. The van der Waals surface area contributed by atoms with Crippen LogP contribution in [0.15, 0.2) is 36.9 Å². The van der Waals surface area contributed by atoms with Gasteiger partial charge in [-0.1, -0.05) is 18.2 Å². The van der Waals surface area contributed by atoms with Crippen LogP contribution in [-0.4, -0.2) is 37.0 Å². The third-order valence-electron chi connectivity index (χ3n) is 3.93. The monoisotopic (exact) mass is 290 g/mol. The van der Waals surface area contributed by atoms with Crippen molar-refractivity contribution in [1.29, 1.82) is 0 Å². The van der Waals surface area contributed by atoms with Gasteiger partial charge in [0.1, 0.15) is 5.82 Å². The molecular weight excluding hydrogens is 267 g/mol. The van der Waals surface area contributed by atoms with Crippen LogP contribution in [0, 0.1) is 11.7 Å². The summed E-state index contributed by atoms with van der Waals surface area (Å²) >= 11 is 0. The van der Waals surface area contributed by atoms with E-state index in [1.807, 2.05) is 6.07 Å². The molecule has 4 heteroatoms. The predicted octanol–water partition coefficient (Wildman–Crippen LogP) is 2.38. The van der Waals surface area contributed by atoms with Crippen LogP contribution < -0.4 is 5.32 Å². The first-order valence-electron chi connectivity index (χ1n) is 7.52. The first-order chi connectivity index (χ1) is 10.2. The number of halogens is 1. The maximum atomic E-state index is 13.2. The van der Waals surface area contributed by atoms with Crippen LogP contribution in [-0.2, 0) is 11.2 Å². The van der Waals surface area contributed by atoms with Crippen molar-refractivity contribution in [3.05, 3.63) is 48.3 Å². The van der Waals surface area contributed by atoms with Gasteiger partial charge in [-0.05, 0) is 56.0 Å². The number of piperidine rings is 1. The standard InChI is InChI=1S/C17H23FN2O/c1-2-8-19-17(21)13-20-9-6-14(7-10-20)11-15-4-3-5-16(18)12-15/h2-5,12,14H,1,6-11,13H2,(H,19,21). The van der Waals surface area contributed by atoms with Crippen molar-refractivity contribution in [2.24, 2.45) is 5.92 Å². The van der Waals surface area contributed by atoms with Crippen molar-refractivity contribution in [1.82, 2.24) is 10.2 Å². The number of carbonyl (C=O) groups is 1. The molecule has 1 saturated heterocycles. The summed E-state index contributed by atoms with van der Waals surface area (Å²) in [4.78, 5) is 13.8. The largest absolute Gasteiger partial charge is 0.352 e. The lowest BCUT2D eigenvalue weighted by molar-refractivity contribution is -0.122. The molecule has 21 heavy (non-hydrogen) atoms. The van der Waals surface area contributed by atoms with Gasteiger partial charge in [0.2, 0.25) is 5.91 Å². The van der Waals surface area contributed by atoms with E-state index >= 15 is 0 Å². The highest BCUT2D eigenvalue weighted by atomic mass is 19.1. The number of hydrogen-bond donors (Lipinski definition) is 1. The van der Waals surface area contributed by atoms with E-state index < -0.39 is 0 Å². The van der Waals surface area contributed by atoms with Crippen molar-refractivity contribution in [3.63, 3.8) is 0 Å².